The van der Waals surface area contributed by atoms with Crippen molar-refractivity contribution in [2.24, 2.45) is 0 Å². The first-order valence-corrected chi connectivity index (χ1v) is 9.44. The van der Waals surface area contributed by atoms with Crippen LogP contribution in [-0.4, -0.2) is 23.6 Å². The Bertz CT molecular complexity index is 1190. The molecule has 0 aromatic heterocycles. The largest absolute Gasteiger partial charge is 0.508 e. The number of benzene rings is 4. The maximum absolute atomic E-state index is 12.3. The number of nitrogens with one attached hydrogen (secondary N) is 1. The quantitative estimate of drug-likeness (QED) is 0.464. The van der Waals surface area contributed by atoms with E-state index in [9.17, 15) is 14.7 Å². The van der Waals surface area contributed by atoms with Gasteiger partial charge in [-0.05, 0) is 46.8 Å². The summed E-state index contributed by atoms with van der Waals surface area (Å²) in [6.45, 7) is -0.373. The first kappa shape index (κ1) is 19.2. The van der Waals surface area contributed by atoms with Gasteiger partial charge < -0.3 is 15.2 Å². The Balaban J connectivity index is 1.37. The van der Waals surface area contributed by atoms with E-state index in [1.807, 2.05) is 42.5 Å². The van der Waals surface area contributed by atoms with Gasteiger partial charge in [0.15, 0.2) is 6.61 Å². The third-order valence-corrected chi connectivity index (χ3v) is 4.72. The number of hydrogen-bond acceptors (Lipinski definition) is 4. The molecule has 148 valence electrons. The molecule has 0 heterocycles. The predicted octanol–water partition coefficient (Wildman–Crippen LogP) is 5.01. The molecule has 0 saturated heterocycles. The highest BCUT2D eigenvalue weighted by Gasteiger charge is 2.12. The molecule has 0 bridgehead atoms. The summed E-state index contributed by atoms with van der Waals surface area (Å²) in [5.74, 6) is -0.776. The molecule has 2 N–H and O–H groups in total. The minimum atomic E-state index is -0.569. The second-order valence-electron chi connectivity index (χ2n) is 6.78. The fourth-order valence-electron chi connectivity index (χ4n) is 3.19. The fraction of sp³-hybridized carbons (Fsp3) is 0.0400. The molecule has 0 aliphatic heterocycles. The van der Waals surface area contributed by atoms with Crippen LogP contribution in [0.3, 0.4) is 0 Å². The molecule has 30 heavy (non-hydrogen) atoms. The van der Waals surface area contributed by atoms with Gasteiger partial charge in [0, 0.05) is 11.1 Å². The number of esters is 1. The van der Waals surface area contributed by atoms with Gasteiger partial charge in [-0.15, -0.1) is 0 Å². The van der Waals surface area contributed by atoms with Crippen LogP contribution in [0, 0.1) is 0 Å². The molecule has 0 unspecified atom stereocenters. The van der Waals surface area contributed by atoms with Crippen molar-refractivity contribution >= 4 is 28.3 Å². The average molecular weight is 397 g/mol. The second-order valence-corrected chi connectivity index (χ2v) is 6.78. The van der Waals surface area contributed by atoms with Crippen molar-refractivity contribution in [3.8, 4) is 16.9 Å². The summed E-state index contributed by atoms with van der Waals surface area (Å²) in [5.41, 5.74) is 2.85. The minimum absolute atomic E-state index is 0.195. The Morgan fingerprint density at radius 3 is 2.13 bits per heavy atom. The van der Waals surface area contributed by atoms with E-state index >= 15 is 0 Å². The molecule has 0 fully saturated rings. The zero-order valence-corrected chi connectivity index (χ0v) is 16.0. The topological polar surface area (TPSA) is 75.6 Å². The van der Waals surface area contributed by atoms with Crippen molar-refractivity contribution in [1.82, 2.24) is 0 Å². The summed E-state index contributed by atoms with van der Waals surface area (Å²) in [7, 11) is 0. The lowest BCUT2D eigenvalue weighted by atomic mass is 10.0. The lowest BCUT2D eigenvalue weighted by Gasteiger charge is -2.09. The SMILES string of the molecule is O=C(COC(=O)c1ccc(-c2ccc(O)cc2)cc1)Nc1cccc2ccccc12. The number of ether oxygens (including phenoxy) is 1. The molecule has 0 spiro atoms. The zero-order valence-electron chi connectivity index (χ0n) is 16.0. The van der Waals surface area contributed by atoms with Crippen molar-refractivity contribution in [2.45, 2.75) is 0 Å². The molecule has 4 rings (SSSR count). The fourth-order valence-corrected chi connectivity index (χ4v) is 3.19. The number of hydrogen-bond donors (Lipinski definition) is 2. The highest BCUT2D eigenvalue weighted by atomic mass is 16.5. The Hall–Kier alpha value is -4.12. The van der Waals surface area contributed by atoms with Crippen molar-refractivity contribution in [1.29, 1.82) is 0 Å². The van der Waals surface area contributed by atoms with E-state index in [2.05, 4.69) is 5.32 Å². The Labute approximate surface area is 173 Å². The maximum Gasteiger partial charge on any atom is 0.338 e. The van der Waals surface area contributed by atoms with Crippen molar-refractivity contribution < 1.29 is 19.4 Å². The van der Waals surface area contributed by atoms with Gasteiger partial charge in [-0.1, -0.05) is 60.7 Å². The van der Waals surface area contributed by atoms with Crippen molar-refractivity contribution in [2.75, 3.05) is 11.9 Å². The van der Waals surface area contributed by atoms with Gasteiger partial charge >= 0.3 is 5.97 Å². The molecular formula is C25H19NO4. The number of rotatable bonds is 5. The number of carbonyl (C=O) groups is 2. The lowest BCUT2D eigenvalue weighted by molar-refractivity contribution is -0.119. The summed E-state index contributed by atoms with van der Waals surface area (Å²) in [6.07, 6.45) is 0. The molecule has 0 aliphatic rings. The number of phenols is 1. The third kappa shape index (κ3) is 4.31. The van der Waals surface area contributed by atoms with E-state index in [-0.39, 0.29) is 12.4 Å². The summed E-state index contributed by atoms with van der Waals surface area (Å²) < 4.78 is 5.15. The standard InChI is InChI=1S/C25H19NO4/c27-21-14-12-18(13-15-21)17-8-10-20(11-9-17)25(29)30-16-24(28)26-23-7-3-5-19-4-1-2-6-22(19)23/h1-15,27H,16H2,(H,26,28). The highest BCUT2D eigenvalue weighted by molar-refractivity contribution is 6.03. The average Bonchev–Trinajstić information content (AvgIpc) is 2.78. The molecular weight excluding hydrogens is 378 g/mol. The minimum Gasteiger partial charge on any atom is -0.508 e. The zero-order chi connectivity index (χ0) is 20.9. The third-order valence-electron chi connectivity index (χ3n) is 4.72. The summed E-state index contributed by atoms with van der Waals surface area (Å²) >= 11 is 0. The van der Waals surface area contributed by atoms with Crippen LogP contribution in [0.25, 0.3) is 21.9 Å². The van der Waals surface area contributed by atoms with Crippen molar-refractivity contribution in [3.63, 3.8) is 0 Å². The monoisotopic (exact) mass is 397 g/mol. The van der Waals surface area contributed by atoms with Gasteiger partial charge in [0.1, 0.15) is 5.75 Å². The van der Waals surface area contributed by atoms with E-state index in [4.69, 9.17) is 4.74 Å². The molecule has 0 atom stereocenters. The molecule has 0 saturated carbocycles. The number of anilines is 1. The van der Waals surface area contributed by atoms with E-state index in [1.54, 1.807) is 48.5 Å². The highest BCUT2D eigenvalue weighted by Crippen LogP contribution is 2.24. The van der Waals surface area contributed by atoms with Crippen LogP contribution >= 0.6 is 0 Å². The first-order chi connectivity index (χ1) is 14.6. The van der Waals surface area contributed by atoms with Crippen LogP contribution in [0.1, 0.15) is 10.4 Å². The van der Waals surface area contributed by atoms with Crippen LogP contribution in [0.4, 0.5) is 5.69 Å². The van der Waals surface area contributed by atoms with Crippen LogP contribution < -0.4 is 5.32 Å². The maximum atomic E-state index is 12.3. The Morgan fingerprint density at radius 2 is 1.40 bits per heavy atom. The summed E-state index contributed by atoms with van der Waals surface area (Å²) in [4.78, 5) is 24.5. The van der Waals surface area contributed by atoms with Gasteiger partial charge in [-0.2, -0.15) is 0 Å². The van der Waals surface area contributed by atoms with E-state index in [0.29, 0.717) is 11.3 Å². The molecule has 0 aliphatic carbocycles. The van der Waals surface area contributed by atoms with Gasteiger partial charge in [0.25, 0.3) is 5.91 Å². The van der Waals surface area contributed by atoms with Crippen LogP contribution in [-0.2, 0) is 9.53 Å². The summed E-state index contributed by atoms with van der Waals surface area (Å²) in [6, 6.07) is 27.0. The molecule has 5 nitrogen and oxygen atoms in total. The van der Waals surface area contributed by atoms with Gasteiger partial charge in [0.2, 0.25) is 0 Å². The Morgan fingerprint density at radius 1 is 0.767 bits per heavy atom. The summed E-state index contributed by atoms with van der Waals surface area (Å²) in [5, 5.41) is 14.1. The molecule has 1 amide bonds. The first-order valence-electron chi connectivity index (χ1n) is 9.44. The normalized spacial score (nSPS) is 10.5. The lowest BCUT2D eigenvalue weighted by Crippen LogP contribution is -2.21. The number of aromatic hydroxyl groups is 1. The van der Waals surface area contributed by atoms with Crippen LogP contribution in [0.5, 0.6) is 5.75 Å². The molecule has 0 radical (unpaired) electrons. The Kier molecular flexibility index (Phi) is 5.44. The van der Waals surface area contributed by atoms with Gasteiger partial charge in [0.05, 0.1) is 5.56 Å². The number of amides is 1. The van der Waals surface area contributed by atoms with E-state index in [0.717, 1.165) is 21.9 Å². The van der Waals surface area contributed by atoms with Crippen molar-refractivity contribution in [3.05, 3.63) is 96.6 Å². The molecule has 4 aromatic carbocycles. The van der Waals surface area contributed by atoms with Gasteiger partial charge in [-0.3, -0.25) is 4.79 Å². The van der Waals surface area contributed by atoms with Crippen LogP contribution in [0.15, 0.2) is 91.0 Å². The number of phenolic OH excluding ortho intramolecular Hbond substituents is 1. The van der Waals surface area contributed by atoms with E-state index in [1.165, 1.54) is 0 Å². The molecule has 5 heteroatoms. The number of carbonyl (C=O) groups excluding carboxylic acids is 2. The van der Waals surface area contributed by atoms with Gasteiger partial charge in [-0.25, -0.2) is 4.79 Å². The number of fused-ring (bicyclic) bond motifs is 1. The second kappa shape index (κ2) is 8.49. The van der Waals surface area contributed by atoms with E-state index < -0.39 is 11.9 Å². The predicted molar refractivity (Wildman–Crippen MR) is 116 cm³/mol. The molecule has 4 aromatic rings. The smallest absolute Gasteiger partial charge is 0.338 e. The van der Waals surface area contributed by atoms with Crippen LogP contribution in [0.2, 0.25) is 0 Å².